The van der Waals surface area contributed by atoms with E-state index in [0.29, 0.717) is 35.5 Å². The molecular weight excluding hydrogens is 352 g/mol. The highest BCUT2D eigenvalue weighted by molar-refractivity contribution is 5.66. The van der Waals surface area contributed by atoms with Crippen LogP contribution >= 0.6 is 0 Å². The number of rotatable bonds is 4. The molecule has 4 heteroatoms. The molecule has 0 amide bonds. The molecule has 4 aliphatic carbocycles. The summed E-state index contributed by atoms with van der Waals surface area (Å²) in [4.78, 5) is 11.1. The molecule has 0 aromatic carbocycles. The second-order valence-corrected chi connectivity index (χ2v) is 11.3. The van der Waals surface area contributed by atoms with E-state index in [0.717, 1.165) is 38.5 Å². The van der Waals surface area contributed by atoms with E-state index >= 15 is 0 Å². The van der Waals surface area contributed by atoms with Gasteiger partial charge in [0.05, 0.1) is 12.2 Å². The minimum absolute atomic E-state index is 0.0591. The first kappa shape index (κ1) is 20.7. The van der Waals surface area contributed by atoms with Crippen molar-refractivity contribution >= 4 is 5.97 Å². The molecule has 0 heterocycles. The van der Waals surface area contributed by atoms with Crippen molar-refractivity contribution in [3.8, 4) is 0 Å². The monoisotopic (exact) mass is 392 g/mol. The van der Waals surface area contributed by atoms with Gasteiger partial charge in [0, 0.05) is 6.42 Å². The summed E-state index contributed by atoms with van der Waals surface area (Å²) in [5, 5.41) is 30.8. The number of carboxylic acids is 1. The number of aliphatic hydroxyl groups excluding tert-OH is 2. The maximum atomic E-state index is 11.5. The SMILES string of the molecule is C[C@H](CCC(=O)O)[C@@H]1CC[C@H]2[C@@H]3CC[C@H]4C[C@@H](O)CC[C@]4(C)[C@H]3C[C@@H](O)[C@@]21C. The Hall–Kier alpha value is -0.610. The minimum atomic E-state index is -0.707. The Morgan fingerprint density at radius 3 is 2.50 bits per heavy atom. The van der Waals surface area contributed by atoms with Crippen molar-refractivity contribution < 1.29 is 20.1 Å². The van der Waals surface area contributed by atoms with E-state index in [4.69, 9.17) is 5.11 Å². The van der Waals surface area contributed by atoms with Gasteiger partial charge in [-0.1, -0.05) is 20.8 Å². The predicted octanol–water partition coefficient (Wildman–Crippen LogP) is 4.48. The average Bonchev–Trinajstić information content (AvgIpc) is 3.00. The normalized spacial score (nSPS) is 51.7. The van der Waals surface area contributed by atoms with Crippen LogP contribution in [0.2, 0.25) is 0 Å². The van der Waals surface area contributed by atoms with Gasteiger partial charge in [-0.25, -0.2) is 0 Å². The topological polar surface area (TPSA) is 77.8 Å². The van der Waals surface area contributed by atoms with Crippen LogP contribution in [-0.4, -0.2) is 33.5 Å². The summed E-state index contributed by atoms with van der Waals surface area (Å²) in [6.45, 7) is 6.99. The molecule has 28 heavy (non-hydrogen) atoms. The highest BCUT2D eigenvalue weighted by Crippen LogP contribution is 2.68. The van der Waals surface area contributed by atoms with Crippen LogP contribution in [0.5, 0.6) is 0 Å². The zero-order valence-corrected chi connectivity index (χ0v) is 17.9. The fourth-order valence-corrected chi connectivity index (χ4v) is 8.71. The van der Waals surface area contributed by atoms with E-state index in [1.807, 2.05) is 0 Å². The van der Waals surface area contributed by atoms with Crippen LogP contribution in [0.15, 0.2) is 0 Å². The Morgan fingerprint density at radius 2 is 1.79 bits per heavy atom. The third-order valence-corrected chi connectivity index (χ3v) is 10.3. The van der Waals surface area contributed by atoms with E-state index in [-0.39, 0.29) is 29.5 Å². The molecule has 10 atom stereocenters. The van der Waals surface area contributed by atoms with Crippen LogP contribution < -0.4 is 0 Å². The van der Waals surface area contributed by atoms with Gasteiger partial charge >= 0.3 is 5.97 Å². The second-order valence-electron chi connectivity index (χ2n) is 11.3. The largest absolute Gasteiger partial charge is 0.481 e. The van der Waals surface area contributed by atoms with Crippen molar-refractivity contribution in [2.24, 2.45) is 46.3 Å². The number of carbonyl (C=O) groups is 1. The lowest BCUT2D eigenvalue weighted by Gasteiger charge is -2.62. The maximum absolute atomic E-state index is 11.5. The van der Waals surface area contributed by atoms with Crippen molar-refractivity contribution in [1.29, 1.82) is 0 Å². The second kappa shape index (κ2) is 7.27. The van der Waals surface area contributed by atoms with Crippen molar-refractivity contribution in [3.63, 3.8) is 0 Å². The summed E-state index contributed by atoms with van der Waals surface area (Å²) in [6.07, 6.45) is 9.26. The molecule has 4 saturated carbocycles. The molecule has 0 aromatic heterocycles. The number of hydrogen-bond acceptors (Lipinski definition) is 3. The summed E-state index contributed by atoms with van der Waals surface area (Å²) >= 11 is 0. The Balaban J connectivity index is 1.56. The lowest BCUT2D eigenvalue weighted by Crippen LogP contribution is -2.58. The molecule has 0 bridgehead atoms. The van der Waals surface area contributed by atoms with Crippen molar-refractivity contribution in [3.05, 3.63) is 0 Å². The molecule has 160 valence electrons. The van der Waals surface area contributed by atoms with Crippen molar-refractivity contribution in [2.75, 3.05) is 0 Å². The number of hydrogen-bond donors (Lipinski definition) is 3. The third kappa shape index (κ3) is 3.05. The molecule has 0 unspecified atom stereocenters. The van der Waals surface area contributed by atoms with E-state index in [1.54, 1.807) is 0 Å². The minimum Gasteiger partial charge on any atom is -0.481 e. The van der Waals surface area contributed by atoms with Crippen LogP contribution in [0.1, 0.15) is 85.0 Å². The van der Waals surface area contributed by atoms with Crippen molar-refractivity contribution in [1.82, 2.24) is 0 Å². The van der Waals surface area contributed by atoms with Gasteiger partial charge < -0.3 is 15.3 Å². The molecule has 3 N–H and O–H groups in total. The van der Waals surface area contributed by atoms with Crippen LogP contribution in [-0.2, 0) is 4.79 Å². The molecule has 0 aromatic rings. The molecule has 0 radical (unpaired) electrons. The summed E-state index contributed by atoms with van der Waals surface area (Å²) in [7, 11) is 0. The third-order valence-electron chi connectivity index (χ3n) is 10.3. The molecule has 0 aliphatic heterocycles. The molecule has 0 spiro atoms. The number of carboxylic acid groups (broad SMARTS) is 1. The van der Waals surface area contributed by atoms with Crippen LogP contribution in [0, 0.1) is 46.3 Å². The van der Waals surface area contributed by atoms with E-state index < -0.39 is 5.97 Å². The Kier molecular flexibility index (Phi) is 5.36. The molecule has 4 rings (SSSR count). The predicted molar refractivity (Wildman–Crippen MR) is 109 cm³/mol. The van der Waals surface area contributed by atoms with Gasteiger partial charge in [0.2, 0.25) is 0 Å². The highest BCUT2D eigenvalue weighted by atomic mass is 16.4. The maximum Gasteiger partial charge on any atom is 0.303 e. The quantitative estimate of drug-likeness (QED) is 0.659. The standard InChI is InChI=1S/C24H40O4/c1-14(4-9-22(27)28)18-7-8-19-17-6-5-15-12-16(25)10-11-23(15,2)20(17)13-21(26)24(18,19)3/h14-21,25-26H,4-13H2,1-3H3,(H,27,28)/t14-,15+,16+,17+,18+,19+,20+,21-,23+,24-/m1/s1. The van der Waals surface area contributed by atoms with Gasteiger partial charge in [-0.05, 0) is 104 Å². The number of aliphatic hydroxyl groups is 2. The van der Waals surface area contributed by atoms with Gasteiger partial charge in [0.1, 0.15) is 0 Å². The number of fused-ring (bicyclic) bond motifs is 5. The molecular formula is C24H40O4. The lowest BCUT2D eigenvalue weighted by atomic mass is 9.43. The van der Waals surface area contributed by atoms with Crippen LogP contribution in [0.3, 0.4) is 0 Å². The zero-order valence-electron chi connectivity index (χ0n) is 17.9. The van der Waals surface area contributed by atoms with Gasteiger partial charge in [0.15, 0.2) is 0 Å². The number of aliphatic carboxylic acids is 1. The van der Waals surface area contributed by atoms with Gasteiger partial charge in [-0.15, -0.1) is 0 Å². The Bertz CT molecular complexity index is 605. The zero-order chi connectivity index (χ0) is 20.3. The first-order valence-corrected chi connectivity index (χ1v) is 11.8. The molecule has 4 nitrogen and oxygen atoms in total. The van der Waals surface area contributed by atoms with Gasteiger partial charge in [-0.2, -0.15) is 0 Å². The molecule has 4 aliphatic rings. The fourth-order valence-electron chi connectivity index (χ4n) is 8.71. The summed E-state index contributed by atoms with van der Waals surface area (Å²) in [5.74, 6) is 2.55. The highest BCUT2D eigenvalue weighted by Gasteiger charge is 2.63. The Labute approximate surface area is 170 Å². The summed E-state index contributed by atoms with van der Waals surface area (Å²) < 4.78 is 0. The lowest BCUT2D eigenvalue weighted by molar-refractivity contribution is -0.175. The van der Waals surface area contributed by atoms with Crippen LogP contribution in [0.4, 0.5) is 0 Å². The first-order chi connectivity index (χ1) is 13.2. The first-order valence-electron chi connectivity index (χ1n) is 11.8. The van der Waals surface area contributed by atoms with E-state index in [9.17, 15) is 15.0 Å². The van der Waals surface area contributed by atoms with E-state index in [2.05, 4.69) is 20.8 Å². The molecule has 0 saturated heterocycles. The van der Waals surface area contributed by atoms with Crippen LogP contribution in [0.25, 0.3) is 0 Å². The molecule has 4 fully saturated rings. The smallest absolute Gasteiger partial charge is 0.303 e. The van der Waals surface area contributed by atoms with Gasteiger partial charge in [0.25, 0.3) is 0 Å². The summed E-state index contributed by atoms with van der Waals surface area (Å²) in [5.41, 5.74) is 0.216. The Morgan fingerprint density at radius 1 is 1.04 bits per heavy atom. The average molecular weight is 393 g/mol. The van der Waals surface area contributed by atoms with Gasteiger partial charge in [-0.3, -0.25) is 4.79 Å². The van der Waals surface area contributed by atoms with E-state index in [1.165, 1.54) is 19.3 Å². The fraction of sp³-hybridized carbons (Fsp3) is 0.958. The van der Waals surface area contributed by atoms with Crippen molar-refractivity contribution in [2.45, 2.75) is 97.2 Å². The summed E-state index contributed by atoms with van der Waals surface area (Å²) in [6, 6.07) is 0.